The number of ketones is 1. The topological polar surface area (TPSA) is 66.9 Å². The van der Waals surface area contributed by atoms with Gasteiger partial charge in [-0.25, -0.2) is 0 Å². The summed E-state index contributed by atoms with van der Waals surface area (Å²) in [5.41, 5.74) is 5.13. The molecule has 0 spiro atoms. The van der Waals surface area contributed by atoms with Crippen molar-refractivity contribution in [2.24, 2.45) is 11.7 Å². The average molecular weight is 158 g/mol. The summed E-state index contributed by atoms with van der Waals surface area (Å²) in [7, 11) is 0. The van der Waals surface area contributed by atoms with E-state index in [2.05, 4.69) is 0 Å². The monoisotopic (exact) mass is 158 g/mol. The molecule has 0 aromatic carbocycles. The summed E-state index contributed by atoms with van der Waals surface area (Å²) < 4.78 is 0. The quantitative estimate of drug-likeness (QED) is 0.456. The lowest BCUT2D eigenvalue weighted by molar-refractivity contribution is -0.118. The molecule has 0 saturated heterocycles. The van der Waals surface area contributed by atoms with Gasteiger partial charge >= 0.3 is 0 Å². The van der Waals surface area contributed by atoms with E-state index >= 15 is 0 Å². The molecule has 0 aromatic heterocycles. The third-order valence-electron chi connectivity index (χ3n) is 1.53. The predicted molar refractivity (Wildman–Crippen MR) is 42.1 cm³/mol. The van der Waals surface area contributed by atoms with E-state index in [1.807, 2.05) is 0 Å². The molecule has 1 rings (SSSR count). The van der Waals surface area contributed by atoms with Crippen LogP contribution in [0.4, 0.5) is 0 Å². The fourth-order valence-electron chi connectivity index (χ4n) is 0.893. The Hall–Kier alpha value is -0.510. The van der Waals surface area contributed by atoms with Gasteiger partial charge in [0.15, 0.2) is 5.17 Å². The summed E-state index contributed by atoms with van der Waals surface area (Å²) in [6, 6.07) is 0. The fourth-order valence-corrected chi connectivity index (χ4v) is 1.88. The van der Waals surface area contributed by atoms with Crippen LogP contribution in [0, 0.1) is 11.3 Å². The zero-order valence-corrected chi connectivity index (χ0v) is 6.57. The number of hydrogen-bond donors (Lipinski definition) is 2. The fraction of sp³-hybridized carbons (Fsp3) is 0.667. The van der Waals surface area contributed by atoms with Crippen molar-refractivity contribution in [3.05, 3.63) is 0 Å². The summed E-state index contributed by atoms with van der Waals surface area (Å²) in [6.45, 7) is 1.59. The number of amidine groups is 1. The number of rotatable bonds is 2. The van der Waals surface area contributed by atoms with Crippen LogP contribution >= 0.6 is 11.8 Å². The number of nitrogens with one attached hydrogen (secondary N) is 1. The average Bonchev–Trinajstić information content (AvgIpc) is 2.43. The second-order valence-corrected chi connectivity index (χ2v) is 3.75. The van der Waals surface area contributed by atoms with E-state index in [-0.39, 0.29) is 16.9 Å². The maximum atomic E-state index is 10.7. The van der Waals surface area contributed by atoms with Gasteiger partial charge in [0.25, 0.3) is 0 Å². The second-order valence-electron chi connectivity index (χ2n) is 2.47. The van der Waals surface area contributed by atoms with Crippen molar-refractivity contribution >= 4 is 22.7 Å². The van der Waals surface area contributed by atoms with E-state index in [0.29, 0.717) is 5.25 Å². The van der Waals surface area contributed by atoms with E-state index in [9.17, 15) is 4.79 Å². The molecule has 0 aromatic rings. The van der Waals surface area contributed by atoms with Crippen LogP contribution in [0.25, 0.3) is 0 Å². The lowest BCUT2D eigenvalue weighted by Gasteiger charge is -1.92. The Balaban J connectivity index is 2.26. The van der Waals surface area contributed by atoms with Crippen LogP contribution in [0.15, 0.2) is 0 Å². The standard InChI is InChI=1S/C6H10N2OS/c1-3(9)4-2-5(4)10-6(7)8/h4-5H,2H2,1H3,(H3,7,8). The maximum absolute atomic E-state index is 10.7. The van der Waals surface area contributed by atoms with Crippen molar-refractivity contribution < 1.29 is 4.79 Å². The third kappa shape index (κ3) is 1.73. The van der Waals surface area contributed by atoms with E-state index in [0.717, 1.165) is 6.42 Å². The van der Waals surface area contributed by atoms with Gasteiger partial charge in [-0.15, -0.1) is 0 Å². The molecular weight excluding hydrogens is 148 g/mol. The van der Waals surface area contributed by atoms with Crippen LogP contribution in [0.1, 0.15) is 13.3 Å². The summed E-state index contributed by atoms with van der Waals surface area (Å²) in [5, 5.41) is 7.35. The Morgan fingerprint density at radius 2 is 2.40 bits per heavy atom. The largest absolute Gasteiger partial charge is 0.379 e. The molecule has 0 amide bonds. The summed E-state index contributed by atoms with van der Waals surface area (Å²) in [6.07, 6.45) is 0.902. The van der Waals surface area contributed by atoms with Crippen molar-refractivity contribution in [2.45, 2.75) is 18.6 Å². The van der Waals surface area contributed by atoms with Gasteiger partial charge in [-0.1, -0.05) is 11.8 Å². The summed E-state index contributed by atoms with van der Waals surface area (Å²) in [4.78, 5) is 10.7. The van der Waals surface area contributed by atoms with E-state index in [1.54, 1.807) is 6.92 Å². The Labute approximate surface area is 63.9 Å². The molecule has 1 aliphatic rings. The molecule has 10 heavy (non-hydrogen) atoms. The van der Waals surface area contributed by atoms with Gasteiger partial charge in [0.1, 0.15) is 5.78 Å². The molecule has 1 saturated carbocycles. The molecule has 4 heteroatoms. The molecular formula is C6H10N2OS. The van der Waals surface area contributed by atoms with E-state index in [1.165, 1.54) is 11.8 Å². The minimum atomic E-state index is 0.119. The van der Waals surface area contributed by atoms with Gasteiger partial charge in [-0.2, -0.15) is 0 Å². The van der Waals surface area contributed by atoms with E-state index in [4.69, 9.17) is 11.1 Å². The lowest BCUT2D eigenvalue weighted by atomic mass is 10.3. The van der Waals surface area contributed by atoms with Gasteiger partial charge in [0.05, 0.1) is 0 Å². The Morgan fingerprint density at radius 1 is 1.80 bits per heavy atom. The maximum Gasteiger partial charge on any atom is 0.151 e. The zero-order valence-electron chi connectivity index (χ0n) is 5.76. The molecule has 1 fully saturated rings. The molecule has 0 aliphatic heterocycles. The number of Topliss-reactive ketones (excluding diaryl/α,β-unsaturated/α-hetero) is 1. The highest BCUT2D eigenvalue weighted by Gasteiger charge is 2.41. The highest BCUT2D eigenvalue weighted by atomic mass is 32.2. The first kappa shape index (κ1) is 7.60. The summed E-state index contributed by atoms with van der Waals surface area (Å²) in [5.74, 6) is 0.396. The summed E-state index contributed by atoms with van der Waals surface area (Å²) >= 11 is 1.30. The molecule has 0 bridgehead atoms. The zero-order chi connectivity index (χ0) is 7.72. The molecule has 3 nitrogen and oxygen atoms in total. The normalized spacial score (nSPS) is 29.7. The second kappa shape index (κ2) is 2.62. The highest BCUT2D eigenvalue weighted by Crippen LogP contribution is 2.41. The van der Waals surface area contributed by atoms with Crippen LogP contribution < -0.4 is 5.73 Å². The number of carbonyl (C=O) groups excluding carboxylic acids is 1. The Kier molecular flexibility index (Phi) is 1.99. The molecule has 1 aliphatic carbocycles. The number of thioether (sulfide) groups is 1. The van der Waals surface area contributed by atoms with Crippen LogP contribution in [-0.4, -0.2) is 16.2 Å². The molecule has 2 atom stereocenters. The van der Waals surface area contributed by atoms with Crippen molar-refractivity contribution in [2.75, 3.05) is 0 Å². The van der Waals surface area contributed by atoms with Crippen molar-refractivity contribution in [3.8, 4) is 0 Å². The van der Waals surface area contributed by atoms with Crippen molar-refractivity contribution in [1.82, 2.24) is 0 Å². The van der Waals surface area contributed by atoms with Gasteiger partial charge in [-0.05, 0) is 13.3 Å². The minimum Gasteiger partial charge on any atom is -0.379 e. The van der Waals surface area contributed by atoms with Crippen LogP contribution in [0.3, 0.4) is 0 Å². The SMILES string of the molecule is CC(=O)C1CC1SC(=N)N. The Bertz CT molecular complexity index is 181. The minimum absolute atomic E-state index is 0.119. The number of nitrogens with two attached hydrogens (primary N) is 1. The van der Waals surface area contributed by atoms with Crippen LogP contribution in [-0.2, 0) is 4.79 Å². The molecule has 0 heterocycles. The third-order valence-corrected chi connectivity index (χ3v) is 2.61. The molecule has 0 radical (unpaired) electrons. The van der Waals surface area contributed by atoms with Gasteiger partial charge in [-0.3, -0.25) is 10.2 Å². The predicted octanol–water partition coefficient (Wildman–Crippen LogP) is 0.591. The van der Waals surface area contributed by atoms with Gasteiger partial charge in [0, 0.05) is 11.2 Å². The van der Waals surface area contributed by atoms with Gasteiger partial charge in [0.2, 0.25) is 0 Å². The number of hydrogen-bond acceptors (Lipinski definition) is 3. The van der Waals surface area contributed by atoms with Crippen LogP contribution in [0.2, 0.25) is 0 Å². The number of carbonyl (C=O) groups is 1. The molecule has 2 unspecified atom stereocenters. The first-order valence-electron chi connectivity index (χ1n) is 3.12. The van der Waals surface area contributed by atoms with E-state index < -0.39 is 0 Å². The van der Waals surface area contributed by atoms with Crippen LogP contribution in [0.5, 0.6) is 0 Å². The first-order chi connectivity index (χ1) is 4.61. The highest BCUT2D eigenvalue weighted by molar-refractivity contribution is 8.14. The first-order valence-corrected chi connectivity index (χ1v) is 4.00. The molecule has 56 valence electrons. The molecule has 3 N–H and O–H groups in total. The van der Waals surface area contributed by atoms with Crippen molar-refractivity contribution in [1.29, 1.82) is 5.41 Å². The lowest BCUT2D eigenvalue weighted by Crippen LogP contribution is -2.06. The van der Waals surface area contributed by atoms with Crippen molar-refractivity contribution in [3.63, 3.8) is 0 Å². The smallest absolute Gasteiger partial charge is 0.151 e. The Morgan fingerprint density at radius 3 is 2.70 bits per heavy atom. The van der Waals surface area contributed by atoms with Gasteiger partial charge < -0.3 is 5.73 Å².